The van der Waals surface area contributed by atoms with Crippen molar-refractivity contribution in [2.75, 3.05) is 11.9 Å². The molecule has 0 fully saturated rings. The summed E-state index contributed by atoms with van der Waals surface area (Å²) in [5.74, 6) is -1.66. The molecular weight excluding hydrogens is 360 g/mol. The Bertz CT molecular complexity index is 837. The Morgan fingerprint density at radius 3 is 2.88 bits per heavy atom. The number of hydrogen-bond donors (Lipinski definition) is 2. The molecule has 0 unspecified atom stereocenters. The summed E-state index contributed by atoms with van der Waals surface area (Å²) >= 11 is 2.88. The van der Waals surface area contributed by atoms with Gasteiger partial charge >= 0.3 is 5.97 Å². The number of ether oxygens (including phenoxy) is 1. The highest BCUT2D eigenvalue weighted by molar-refractivity contribution is 7.17. The average Bonchev–Trinajstić information content (AvgIpc) is 3.27. The molecule has 25 heavy (non-hydrogen) atoms. The molecule has 2 aromatic rings. The molecule has 0 saturated carbocycles. The fourth-order valence-electron chi connectivity index (χ4n) is 2.63. The number of carbonyl (C=O) groups is 3. The zero-order valence-electron chi connectivity index (χ0n) is 13.2. The van der Waals surface area contributed by atoms with Crippen LogP contribution in [0.3, 0.4) is 0 Å². The van der Waals surface area contributed by atoms with Crippen LogP contribution in [0.1, 0.15) is 32.8 Å². The van der Waals surface area contributed by atoms with Gasteiger partial charge in [-0.2, -0.15) is 11.3 Å². The minimum Gasteiger partial charge on any atom is -0.452 e. The van der Waals surface area contributed by atoms with Crippen molar-refractivity contribution in [2.24, 2.45) is 5.73 Å². The minimum atomic E-state index is -0.606. The third-order valence-corrected chi connectivity index (χ3v) is 5.63. The lowest BCUT2D eigenvalue weighted by Crippen LogP contribution is -2.22. The number of esters is 1. The molecule has 6 nitrogen and oxygen atoms in total. The van der Waals surface area contributed by atoms with Gasteiger partial charge in [0.05, 0.1) is 5.56 Å². The SMILES string of the molecule is NC(=O)c1c(NC(=O)COC(=O)/C=C/c2ccsc2)sc2c1CCC2. The number of thiophene rings is 2. The van der Waals surface area contributed by atoms with Gasteiger partial charge in [-0.1, -0.05) is 0 Å². The number of primary amides is 1. The minimum absolute atomic E-state index is 0.384. The van der Waals surface area contributed by atoms with Gasteiger partial charge in [0.25, 0.3) is 11.8 Å². The van der Waals surface area contributed by atoms with Gasteiger partial charge in [0.2, 0.25) is 0 Å². The second-order valence-electron chi connectivity index (χ2n) is 5.47. The van der Waals surface area contributed by atoms with E-state index in [1.54, 1.807) is 6.08 Å². The fraction of sp³-hybridized carbons (Fsp3) is 0.235. The van der Waals surface area contributed by atoms with Crippen LogP contribution < -0.4 is 11.1 Å². The first-order valence-electron chi connectivity index (χ1n) is 7.66. The third kappa shape index (κ3) is 4.15. The van der Waals surface area contributed by atoms with Crippen LogP contribution in [-0.4, -0.2) is 24.4 Å². The molecule has 3 rings (SSSR count). The van der Waals surface area contributed by atoms with Crippen molar-refractivity contribution in [1.82, 2.24) is 0 Å². The molecule has 0 bridgehead atoms. The van der Waals surface area contributed by atoms with Crippen LogP contribution in [0.2, 0.25) is 0 Å². The molecule has 130 valence electrons. The van der Waals surface area contributed by atoms with Crippen molar-refractivity contribution in [1.29, 1.82) is 0 Å². The molecular formula is C17H16N2O4S2. The first-order chi connectivity index (χ1) is 12.0. The summed E-state index contributed by atoms with van der Waals surface area (Å²) in [5.41, 5.74) is 7.65. The number of amides is 2. The zero-order chi connectivity index (χ0) is 17.8. The Morgan fingerprint density at radius 2 is 2.16 bits per heavy atom. The van der Waals surface area contributed by atoms with Gasteiger partial charge in [-0.3, -0.25) is 9.59 Å². The van der Waals surface area contributed by atoms with Crippen molar-refractivity contribution in [3.8, 4) is 0 Å². The molecule has 2 heterocycles. The Balaban J connectivity index is 1.56. The molecule has 0 radical (unpaired) electrons. The number of hydrogen-bond acceptors (Lipinski definition) is 6. The van der Waals surface area contributed by atoms with Gasteiger partial charge in [0, 0.05) is 11.0 Å². The number of fused-ring (bicyclic) bond motifs is 1. The number of nitrogens with one attached hydrogen (secondary N) is 1. The first-order valence-corrected chi connectivity index (χ1v) is 9.41. The van der Waals surface area contributed by atoms with E-state index >= 15 is 0 Å². The van der Waals surface area contributed by atoms with E-state index in [1.807, 2.05) is 16.8 Å². The number of carbonyl (C=O) groups excluding carboxylic acids is 3. The van der Waals surface area contributed by atoms with E-state index in [1.165, 1.54) is 28.7 Å². The standard InChI is InChI=1S/C17H16N2O4S2/c18-16(22)15-11-2-1-3-12(11)25-17(15)19-13(20)8-23-14(21)5-4-10-6-7-24-9-10/h4-7,9H,1-3,8H2,(H2,18,22)(H,19,20)/b5-4+. The maximum Gasteiger partial charge on any atom is 0.331 e. The summed E-state index contributed by atoms with van der Waals surface area (Å²) in [6, 6.07) is 1.86. The monoisotopic (exact) mass is 376 g/mol. The lowest BCUT2D eigenvalue weighted by molar-refractivity contribution is -0.142. The molecule has 3 N–H and O–H groups in total. The summed E-state index contributed by atoms with van der Waals surface area (Å²) < 4.78 is 4.91. The van der Waals surface area contributed by atoms with Crippen LogP contribution in [0, 0.1) is 0 Å². The van der Waals surface area contributed by atoms with E-state index in [0.29, 0.717) is 10.6 Å². The van der Waals surface area contributed by atoms with Crippen LogP contribution in [0.15, 0.2) is 22.9 Å². The molecule has 8 heteroatoms. The molecule has 0 saturated heterocycles. The Labute approximate surface area is 152 Å². The van der Waals surface area contributed by atoms with E-state index in [2.05, 4.69) is 5.32 Å². The molecule has 0 aliphatic heterocycles. The van der Waals surface area contributed by atoms with Crippen molar-refractivity contribution in [3.63, 3.8) is 0 Å². The molecule has 0 spiro atoms. The van der Waals surface area contributed by atoms with E-state index in [-0.39, 0.29) is 0 Å². The number of rotatable bonds is 6. The van der Waals surface area contributed by atoms with Gasteiger partial charge in [0.1, 0.15) is 5.00 Å². The second kappa shape index (κ2) is 7.62. The lowest BCUT2D eigenvalue weighted by Gasteiger charge is -2.06. The van der Waals surface area contributed by atoms with E-state index in [4.69, 9.17) is 10.5 Å². The van der Waals surface area contributed by atoms with Gasteiger partial charge < -0.3 is 15.8 Å². The Morgan fingerprint density at radius 1 is 1.32 bits per heavy atom. The predicted molar refractivity (Wildman–Crippen MR) is 97.8 cm³/mol. The summed E-state index contributed by atoms with van der Waals surface area (Å²) in [4.78, 5) is 36.4. The Kier molecular flexibility index (Phi) is 5.30. The summed E-state index contributed by atoms with van der Waals surface area (Å²) in [7, 11) is 0. The van der Waals surface area contributed by atoms with Gasteiger partial charge in [-0.25, -0.2) is 4.79 Å². The summed E-state index contributed by atoms with van der Waals surface area (Å²) in [6.07, 6.45) is 5.56. The van der Waals surface area contributed by atoms with Crippen molar-refractivity contribution in [2.45, 2.75) is 19.3 Å². The van der Waals surface area contributed by atoms with Gasteiger partial charge in [0.15, 0.2) is 6.61 Å². The molecule has 1 aliphatic rings. The smallest absolute Gasteiger partial charge is 0.331 e. The number of nitrogens with two attached hydrogens (primary N) is 1. The fourth-order valence-corrected chi connectivity index (χ4v) is 4.57. The summed E-state index contributed by atoms with van der Waals surface area (Å²) in [5, 5.41) is 6.85. The zero-order valence-corrected chi connectivity index (χ0v) is 14.9. The first kappa shape index (κ1) is 17.4. The van der Waals surface area contributed by atoms with Crippen molar-refractivity contribution < 1.29 is 19.1 Å². The number of anilines is 1. The van der Waals surface area contributed by atoms with Gasteiger partial charge in [-0.15, -0.1) is 11.3 Å². The molecule has 2 aromatic heterocycles. The van der Waals surface area contributed by atoms with Crippen LogP contribution in [0.4, 0.5) is 5.00 Å². The van der Waals surface area contributed by atoms with E-state index in [0.717, 1.165) is 35.3 Å². The number of aryl methyl sites for hydroxylation is 1. The average molecular weight is 376 g/mol. The van der Waals surface area contributed by atoms with Crippen molar-refractivity contribution >= 4 is 51.5 Å². The predicted octanol–water partition coefficient (Wildman–Crippen LogP) is 2.59. The molecule has 2 amide bonds. The molecule has 1 aliphatic carbocycles. The second-order valence-corrected chi connectivity index (χ2v) is 7.36. The lowest BCUT2D eigenvalue weighted by atomic mass is 10.1. The molecule has 0 atom stereocenters. The van der Waals surface area contributed by atoms with Crippen LogP contribution >= 0.6 is 22.7 Å². The van der Waals surface area contributed by atoms with E-state index < -0.39 is 24.4 Å². The third-order valence-electron chi connectivity index (χ3n) is 3.72. The summed E-state index contributed by atoms with van der Waals surface area (Å²) in [6.45, 7) is -0.423. The highest BCUT2D eigenvalue weighted by atomic mass is 32.1. The normalized spacial score (nSPS) is 13.0. The Hall–Kier alpha value is -2.45. The topological polar surface area (TPSA) is 98.5 Å². The maximum atomic E-state index is 12.0. The quantitative estimate of drug-likeness (QED) is 0.598. The maximum absolute atomic E-state index is 12.0. The highest BCUT2D eigenvalue weighted by Gasteiger charge is 2.26. The van der Waals surface area contributed by atoms with Crippen LogP contribution in [0.25, 0.3) is 6.08 Å². The van der Waals surface area contributed by atoms with Crippen LogP contribution in [0.5, 0.6) is 0 Å². The van der Waals surface area contributed by atoms with Gasteiger partial charge in [-0.05, 0) is 53.3 Å². The van der Waals surface area contributed by atoms with Crippen molar-refractivity contribution in [3.05, 3.63) is 44.5 Å². The van der Waals surface area contributed by atoms with Crippen LogP contribution in [-0.2, 0) is 27.2 Å². The largest absolute Gasteiger partial charge is 0.452 e. The van der Waals surface area contributed by atoms with E-state index in [9.17, 15) is 14.4 Å². The molecule has 0 aromatic carbocycles. The highest BCUT2D eigenvalue weighted by Crippen LogP contribution is 2.38.